The van der Waals surface area contributed by atoms with Crippen molar-refractivity contribution in [1.82, 2.24) is 29.5 Å². The summed E-state index contributed by atoms with van der Waals surface area (Å²) >= 11 is 0. The number of hydrogen-bond donors (Lipinski definition) is 1. The molecule has 0 spiro atoms. The molecule has 0 atom stereocenters. The Bertz CT molecular complexity index is 1110. The number of para-hydroxylation sites is 1. The number of imidazole rings is 1. The lowest BCUT2D eigenvalue weighted by atomic mass is 10.2. The van der Waals surface area contributed by atoms with Gasteiger partial charge < -0.3 is 15.4 Å². The van der Waals surface area contributed by atoms with Crippen LogP contribution in [0.2, 0.25) is 0 Å². The van der Waals surface area contributed by atoms with Gasteiger partial charge in [-0.15, -0.1) is 0 Å². The van der Waals surface area contributed by atoms with Crippen LogP contribution < -0.4 is 10.6 Å². The van der Waals surface area contributed by atoms with Crippen molar-refractivity contribution in [3.63, 3.8) is 0 Å². The van der Waals surface area contributed by atoms with Gasteiger partial charge in [-0.25, -0.2) is 19.9 Å². The van der Waals surface area contributed by atoms with Crippen molar-refractivity contribution < 1.29 is 4.74 Å². The standard InChI is InChI=1S/C19H18N8O.C2H6/c20-15-11-21-14(10-22-15)16-17-18(25-19(24-16)26-6-8-28-9-7-26)27(12-23-17)13-4-2-1-3-5-13;1-2/h1-5,10-12H,6-9H2,(H2,20,22);1-2H3. The molecule has 30 heavy (non-hydrogen) atoms. The van der Waals surface area contributed by atoms with E-state index in [1.165, 1.54) is 6.20 Å². The van der Waals surface area contributed by atoms with Crippen molar-refractivity contribution in [2.24, 2.45) is 0 Å². The molecule has 1 aromatic carbocycles. The van der Waals surface area contributed by atoms with Gasteiger partial charge in [0.2, 0.25) is 5.95 Å². The molecule has 0 saturated carbocycles. The van der Waals surface area contributed by atoms with Crippen molar-refractivity contribution in [3.05, 3.63) is 49.1 Å². The minimum Gasteiger partial charge on any atom is -0.382 e. The third-order valence-electron chi connectivity index (χ3n) is 4.63. The van der Waals surface area contributed by atoms with Crippen molar-refractivity contribution in [2.75, 3.05) is 36.9 Å². The van der Waals surface area contributed by atoms with Gasteiger partial charge in [-0.3, -0.25) is 4.57 Å². The first kappa shape index (κ1) is 19.7. The highest BCUT2D eigenvalue weighted by atomic mass is 16.5. The Morgan fingerprint density at radius 2 is 1.70 bits per heavy atom. The largest absolute Gasteiger partial charge is 0.382 e. The fourth-order valence-electron chi connectivity index (χ4n) is 3.21. The van der Waals surface area contributed by atoms with Crippen LogP contribution >= 0.6 is 0 Å². The van der Waals surface area contributed by atoms with Crippen molar-refractivity contribution in [3.8, 4) is 17.1 Å². The van der Waals surface area contributed by atoms with Gasteiger partial charge in [0.1, 0.15) is 29.0 Å². The molecule has 2 N–H and O–H groups in total. The second kappa shape index (κ2) is 8.83. The molecule has 154 valence electrons. The van der Waals surface area contributed by atoms with Crippen LogP contribution in [-0.2, 0) is 4.74 Å². The molecular formula is C21H24N8O. The van der Waals surface area contributed by atoms with E-state index in [0.717, 1.165) is 24.4 Å². The van der Waals surface area contributed by atoms with Crippen molar-refractivity contribution in [1.29, 1.82) is 0 Å². The van der Waals surface area contributed by atoms with Gasteiger partial charge in [-0.05, 0) is 12.1 Å². The first-order valence-electron chi connectivity index (χ1n) is 10.0. The zero-order chi connectivity index (χ0) is 20.9. The summed E-state index contributed by atoms with van der Waals surface area (Å²) in [6.07, 6.45) is 4.89. The monoisotopic (exact) mass is 404 g/mol. The second-order valence-electron chi connectivity index (χ2n) is 6.42. The second-order valence-corrected chi connectivity index (χ2v) is 6.42. The van der Waals surface area contributed by atoms with Crippen LogP contribution in [0.15, 0.2) is 49.1 Å². The minimum atomic E-state index is 0.359. The van der Waals surface area contributed by atoms with Gasteiger partial charge in [0.15, 0.2) is 5.65 Å². The zero-order valence-corrected chi connectivity index (χ0v) is 17.1. The van der Waals surface area contributed by atoms with E-state index < -0.39 is 0 Å². The van der Waals surface area contributed by atoms with Crippen LogP contribution in [0.3, 0.4) is 0 Å². The molecule has 0 radical (unpaired) electrons. The Hall–Kier alpha value is -3.59. The fourth-order valence-corrected chi connectivity index (χ4v) is 3.21. The lowest BCUT2D eigenvalue weighted by Crippen LogP contribution is -2.37. The van der Waals surface area contributed by atoms with E-state index in [1.807, 2.05) is 48.7 Å². The third-order valence-corrected chi connectivity index (χ3v) is 4.63. The Labute approximate surface area is 174 Å². The molecule has 1 saturated heterocycles. The Balaban J connectivity index is 0.00000106. The van der Waals surface area contributed by atoms with Gasteiger partial charge in [-0.2, -0.15) is 4.98 Å². The van der Waals surface area contributed by atoms with E-state index in [1.54, 1.807) is 12.5 Å². The summed E-state index contributed by atoms with van der Waals surface area (Å²) in [6.45, 7) is 6.77. The average molecular weight is 404 g/mol. The number of aromatic nitrogens is 6. The summed E-state index contributed by atoms with van der Waals surface area (Å²) < 4.78 is 7.42. The normalized spacial score (nSPS) is 13.7. The van der Waals surface area contributed by atoms with Crippen molar-refractivity contribution >= 4 is 22.9 Å². The van der Waals surface area contributed by atoms with Gasteiger partial charge in [-0.1, -0.05) is 32.0 Å². The highest BCUT2D eigenvalue weighted by Crippen LogP contribution is 2.28. The van der Waals surface area contributed by atoms with E-state index in [4.69, 9.17) is 20.4 Å². The predicted molar refractivity (Wildman–Crippen MR) is 116 cm³/mol. The molecule has 4 aromatic rings. The van der Waals surface area contributed by atoms with E-state index in [9.17, 15) is 0 Å². The lowest BCUT2D eigenvalue weighted by Gasteiger charge is -2.27. The van der Waals surface area contributed by atoms with E-state index in [0.29, 0.717) is 41.9 Å². The summed E-state index contributed by atoms with van der Waals surface area (Å²) in [5.74, 6) is 0.986. The molecule has 1 aliphatic rings. The van der Waals surface area contributed by atoms with E-state index >= 15 is 0 Å². The maximum absolute atomic E-state index is 5.70. The number of morpholine rings is 1. The molecule has 0 unspecified atom stereocenters. The quantitative estimate of drug-likeness (QED) is 0.555. The van der Waals surface area contributed by atoms with Gasteiger partial charge in [0.25, 0.3) is 0 Å². The number of anilines is 2. The van der Waals surface area contributed by atoms with E-state index in [2.05, 4.69) is 19.9 Å². The zero-order valence-electron chi connectivity index (χ0n) is 17.1. The predicted octanol–water partition coefficient (Wildman–Crippen LogP) is 2.72. The highest BCUT2D eigenvalue weighted by molar-refractivity contribution is 5.88. The van der Waals surface area contributed by atoms with Crippen LogP contribution in [0, 0.1) is 0 Å². The number of nitrogens with two attached hydrogens (primary N) is 1. The van der Waals surface area contributed by atoms with Crippen LogP contribution in [0.25, 0.3) is 28.2 Å². The molecule has 0 amide bonds. The first-order chi connectivity index (χ1) is 14.8. The van der Waals surface area contributed by atoms with Crippen LogP contribution in [0.1, 0.15) is 13.8 Å². The number of ether oxygens (including phenoxy) is 1. The number of benzene rings is 1. The number of rotatable bonds is 3. The number of hydrogen-bond acceptors (Lipinski definition) is 8. The summed E-state index contributed by atoms with van der Waals surface area (Å²) in [4.78, 5) is 24.8. The smallest absolute Gasteiger partial charge is 0.228 e. The molecular weight excluding hydrogens is 380 g/mol. The van der Waals surface area contributed by atoms with Crippen LogP contribution in [0.5, 0.6) is 0 Å². The third kappa shape index (κ3) is 3.79. The summed E-state index contributed by atoms with van der Waals surface area (Å²) in [6, 6.07) is 9.97. The maximum atomic E-state index is 5.70. The fraction of sp³-hybridized carbons (Fsp3) is 0.286. The van der Waals surface area contributed by atoms with E-state index in [-0.39, 0.29) is 0 Å². The van der Waals surface area contributed by atoms with Crippen molar-refractivity contribution in [2.45, 2.75) is 13.8 Å². The maximum Gasteiger partial charge on any atom is 0.228 e. The number of nitrogen functional groups attached to an aromatic ring is 1. The summed E-state index contributed by atoms with van der Waals surface area (Å²) in [5, 5.41) is 0. The number of nitrogens with zero attached hydrogens (tertiary/aromatic N) is 7. The molecule has 3 aromatic heterocycles. The summed E-state index contributed by atoms with van der Waals surface area (Å²) in [5.41, 5.74) is 9.30. The average Bonchev–Trinajstić information content (AvgIpc) is 3.26. The topological polar surface area (TPSA) is 108 Å². The summed E-state index contributed by atoms with van der Waals surface area (Å²) in [7, 11) is 0. The molecule has 5 rings (SSSR count). The van der Waals surface area contributed by atoms with Crippen LogP contribution in [0.4, 0.5) is 11.8 Å². The van der Waals surface area contributed by atoms with Crippen LogP contribution in [-0.4, -0.2) is 55.8 Å². The van der Waals surface area contributed by atoms with Gasteiger partial charge in [0, 0.05) is 18.8 Å². The first-order valence-corrected chi connectivity index (χ1v) is 10.0. The molecule has 4 heterocycles. The molecule has 0 bridgehead atoms. The minimum absolute atomic E-state index is 0.359. The SMILES string of the molecule is CC.Nc1cnc(-c2nc(N3CCOCC3)nc3c2ncn3-c2ccccc2)cn1. The molecule has 1 aliphatic heterocycles. The highest BCUT2D eigenvalue weighted by Gasteiger charge is 2.21. The Kier molecular flexibility index (Phi) is 5.80. The molecule has 9 heteroatoms. The van der Waals surface area contributed by atoms with Gasteiger partial charge in [0.05, 0.1) is 25.6 Å². The Morgan fingerprint density at radius 3 is 2.40 bits per heavy atom. The molecule has 1 fully saturated rings. The lowest BCUT2D eigenvalue weighted by molar-refractivity contribution is 0.122. The number of fused-ring (bicyclic) bond motifs is 1. The molecule has 0 aliphatic carbocycles. The molecule has 9 nitrogen and oxygen atoms in total. The van der Waals surface area contributed by atoms with Gasteiger partial charge >= 0.3 is 0 Å². The Morgan fingerprint density at radius 1 is 0.933 bits per heavy atom.